The Balaban J connectivity index is 1.64. The van der Waals surface area contributed by atoms with Crippen LogP contribution in [-0.2, 0) is 6.54 Å². The van der Waals surface area contributed by atoms with Crippen LogP contribution in [0, 0.1) is 11.8 Å². The summed E-state index contributed by atoms with van der Waals surface area (Å²) in [5, 5.41) is 7.26. The molecule has 142 valence electrons. The molecule has 0 radical (unpaired) electrons. The highest BCUT2D eigenvalue weighted by Gasteiger charge is 2.36. The first kappa shape index (κ1) is 19.7. The molecule has 1 aromatic rings. The number of benzene rings is 1. The molecule has 1 atom stereocenters. The molecule has 1 fully saturated rings. The second-order valence-electron chi connectivity index (χ2n) is 7.32. The van der Waals surface area contributed by atoms with E-state index in [2.05, 4.69) is 31.6 Å². The van der Waals surface area contributed by atoms with E-state index in [-0.39, 0.29) is 0 Å². The molecule has 2 aliphatic rings. The Morgan fingerprint density at radius 2 is 1.88 bits per heavy atom. The molecular formula is C19H27BrClN5. The highest BCUT2D eigenvalue weighted by Crippen LogP contribution is 2.35. The van der Waals surface area contributed by atoms with Gasteiger partial charge in [-0.3, -0.25) is 0 Å². The van der Waals surface area contributed by atoms with Crippen LogP contribution in [0.5, 0.6) is 0 Å². The maximum absolute atomic E-state index is 6.69. The molecule has 6 N–H and O–H groups in total. The summed E-state index contributed by atoms with van der Waals surface area (Å²) >= 11 is 9.82. The molecule has 1 aromatic carbocycles. The number of hydrogen-bond donors (Lipinski definition) is 4. The van der Waals surface area contributed by atoms with Crippen LogP contribution in [0.1, 0.15) is 37.7 Å². The summed E-state index contributed by atoms with van der Waals surface area (Å²) in [7, 11) is 0. The third-order valence-electron chi connectivity index (χ3n) is 5.38. The molecule has 1 aliphatic carbocycles. The van der Waals surface area contributed by atoms with Gasteiger partial charge in [0.2, 0.25) is 0 Å². The Bertz CT molecular complexity index is 684. The number of nitrogens with zero attached hydrogens (tertiary/aromatic N) is 1. The number of nitrogens with one attached hydrogen (secondary N) is 2. The quantitative estimate of drug-likeness (QED) is 0.565. The van der Waals surface area contributed by atoms with E-state index >= 15 is 0 Å². The van der Waals surface area contributed by atoms with Crippen molar-refractivity contribution in [3.05, 3.63) is 45.5 Å². The first-order valence-corrected chi connectivity index (χ1v) is 10.3. The molecule has 1 heterocycles. The number of aliphatic imine (C=N–C) groups is 1. The zero-order valence-electron chi connectivity index (χ0n) is 14.8. The Morgan fingerprint density at radius 1 is 1.19 bits per heavy atom. The molecular weight excluding hydrogens is 414 g/mol. The minimum atomic E-state index is -0.634. The number of nitrogens with two attached hydrogens (primary N) is 2. The van der Waals surface area contributed by atoms with Gasteiger partial charge in [0.1, 0.15) is 5.66 Å². The zero-order chi connectivity index (χ0) is 18.6. The van der Waals surface area contributed by atoms with E-state index in [0.29, 0.717) is 24.3 Å². The van der Waals surface area contributed by atoms with Gasteiger partial charge < -0.3 is 22.1 Å². The SMILES string of the molecule is NCC1CCC(CC2(N)NC(=NCc3ccccc3Cl)NC=C2Br)CC1. The maximum atomic E-state index is 6.69. The molecule has 5 nitrogen and oxygen atoms in total. The van der Waals surface area contributed by atoms with Crippen LogP contribution in [0.4, 0.5) is 0 Å². The average molecular weight is 441 g/mol. The van der Waals surface area contributed by atoms with Gasteiger partial charge in [-0.2, -0.15) is 0 Å². The van der Waals surface area contributed by atoms with Gasteiger partial charge in [-0.25, -0.2) is 4.99 Å². The molecule has 0 saturated heterocycles. The molecule has 0 spiro atoms. The van der Waals surface area contributed by atoms with Crippen LogP contribution in [0.25, 0.3) is 0 Å². The minimum absolute atomic E-state index is 0.498. The fourth-order valence-corrected chi connectivity index (χ4v) is 4.29. The van der Waals surface area contributed by atoms with E-state index in [4.69, 9.17) is 23.1 Å². The highest BCUT2D eigenvalue weighted by molar-refractivity contribution is 9.11. The lowest BCUT2D eigenvalue weighted by atomic mass is 9.78. The standard InChI is InChI=1S/C19H27BrClN5/c20-17-12-25-18(24-11-15-3-1-2-4-16(15)21)26-19(17,23)9-13-5-7-14(10-22)8-6-13/h1-4,12-14H,5-11,22-23H2,(H2,24,25,26). The van der Waals surface area contributed by atoms with Gasteiger partial charge in [0.05, 0.1) is 11.0 Å². The van der Waals surface area contributed by atoms with Crippen LogP contribution in [0.15, 0.2) is 39.9 Å². The summed E-state index contributed by atoms with van der Waals surface area (Å²) in [5.41, 5.74) is 12.8. The fourth-order valence-electron chi connectivity index (χ4n) is 3.72. The Morgan fingerprint density at radius 3 is 2.58 bits per heavy atom. The van der Waals surface area contributed by atoms with Crippen LogP contribution >= 0.6 is 27.5 Å². The predicted octanol–water partition coefficient (Wildman–Crippen LogP) is 3.44. The number of halogens is 2. The van der Waals surface area contributed by atoms with Crippen molar-refractivity contribution < 1.29 is 0 Å². The van der Waals surface area contributed by atoms with Crippen LogP contribution < -0.4 is 22.1 Å². The lowest BCUT2D eigenvalue weighted by molar-refractivity contribution is 0.230. The highest BCUT2D eigenvalue weighted by atomic mass is 79.9. The zero-order valence-corrected chi connectivity index (χ0v) is 17.2. The Kier molecular flexibility index (Phi) is 6.61. The summed E-state index contributed by atoms with van der Waals surface area (Å²) in [4.78, 5) is 4.61. The number of guanidine groups is 1. The van der Waals surface area contributed by atoms with Gasteiger partial charge in [0, 0.05) is 11.2 Å². The third-order valence-corrected chi connectivity index (χ3v) is 6.68. The van der Waals surface area contributed by atoms with Crippen molar-refractivity contribution >= 4 is 33.5 Å². The lowest BCUT2D eigenvalue weighted by Crippen LogP contribution is -2.62. The molecule has 1 saturated carbocycles. The molecule has 0 aromatic heterocycles. The summed E-state index contributed by atoms with van der Waals surface area (Å²) in [6.07, 6.45) is 7.51. The predicted molar refractivity (Wildman–Crippen MR) is 112 cm³/mol. The number of rotatable bonds is 5. The minimum Gasteiger partial charge on any atom is -0.334 e. The van der Waals surface area contributed by atoms with Gasteiger partial charge in [-0.05, 0) is 78.0 Å². The van der Waals surface area contributed by atoms with E-state index in [0.717, 1.165) is 28.0 Å². The summed E-state index contributed by atoms with van der Waals surface area (Å²) < 4.78 is 0.919. The molecule has 0 bridgehead atoms. The van der Waals surface area contributed by atoms with Gasteiger partial charge in [-0.15, -0.1) is 0 Å². The normalized spacial score (nSPS) is 30.5. The average Bonchev–Trinajstić information content (AvgIpc) is 2.64. The van der Waals surface area contributed by atoms with Crippen molar-refractivity contribution in [2.75, 3.05) is 6.54 Å². The lowest BCUT2D eigenvalue weighted by Gasteiger charge is -2.39. The molecule has 26 heavy (non-hydrogen) atoms. The van der Waals surface area contributed by atoms with Gasteiger partial charge >= 0.3 is 0 Å². The summed E-state index contributed by atoms with van der Waals surface area (Å²) in [6.45, 7) is 1.29. The van der Waals surface area contributed by atoms with Gasteiger partial charge in [-0.1, -0.05) is 29.8 Å². The fraction of sp³-hybridized carbons (Fsp3) is 0.526. The molecule has 3 rings (SSSR count). The first-order valence-electron chi connectivity index (χ1n) is 9.18. The third kappa shape index (κ3) is 4.80. The van der Waals surface area contributed by atoms with Crippen molar-refractivity contribution in [2.45, 2.75) is 44.3 Å². The van der Waals surface area contributed by atoms with E-state index in [1.165, 1.54) is 25.7 Å². The van der Waals surface area contributed by atoms with E-state index in [1.54, 1.807) is 0 Å². The Hall–Kier alpha value is -1.08. The Labute approximate surface area is 168 Å². The largest absolute Gasteiger partial charge is 0.334 e. The van der Waals surface area contributed by atoms with Gasteiger partial charge in [0.25, 0.3) is 0 Å². The first-order chi connectivity index (χ1) is 12.5. The van der Waals surface area contributed by atoms with Crippen molar-refractivity contribution in [1.82, 2.24) is 10.6 Å². The monoisotopic (exact) mass is 439 g/mol. The smallest absolute Gasteiger partial charge is 0.197 e. The van der Waals surface area contributed by atoms with Crippen LogP contribution in [0.2, 0.25) is 5.02 Å². The second kappa shape index (κ2) is 8.74. The van der Waals surface area contributed by atoms with E-state index in [1.807, 2.05) is 30.5 Å². The second-order valence-corrected chi connectivity index (χ2v) is 8.58. The van der Waals surface area contributed by atoms with E-state index in [9.17, 15) is 0 Å². The van der Waals surface area contributed by atoms with Crippen molar-refractivity contribution in [3.8, 4) is 0 Å². The molecule has 0 amide bonds. The molecule has 1 aliphatic heterocycles. The van der Waals surface area contributed by atoms with Gasteiger partial charge in [0.15, 0.2) is 5.96 Å². The topological polar surface area (TPSA) is 88.5 Å². The van der Waals surface area contributed by atoms with E-state index < -0.39 is 5.66 Å². The van der Waals surface area contributed by atoms with Crippen molar-refractivity contribution in [1.29, 1.82) is 0 Å². The number of hydrogen-bond acceptors (Lipinski definition) is 3. The summed E-state index contributed by atoms with van der Waals surface area (Å²) in [5.74, 6) is 1.94. The van der Waals surface area contributed by atoms with Crippen LogP contribution in [0.3, 0.4) is 0 Å². The maximum Gasteiger partial charge on any atom is 0.197 e. The molecule has 1 unspecified atom stereocenters. The summed E-state index contributed by atoms with van der Waals surface area (Å²) in [6, 6.07) is 7.73. The van der Waals surface area contributed by atoms with Crippen molar-refractivity contribution in [3.63, 3.8) is 0 Å². The van der Waals surface area contributed by atoms with Crippen LogP contribution in [-0.4, -0.2) is 18.2 Å². The molecule has 7 heteroatoms. The van der Waals surface area contributed by atoms with Crippen molar-refractivity contribution in [2.24, 2.45) is 28.3 Å².